The van der Waals surface area contributed by atoms with E-state index in [9.17, 15) is 4.79 Å². The largest absolute Gasteiger partial charge is 0.398 e. The summed E-state index contributed by atoms with van der Waals surface area (Å²) in [6.07, 6.45) is 1.88. The number of nitrogens with one attached hydrogen (secondary N) is 1. The molecule has 19 heavy (non-hydrogen) atoms. The van der Waals surface area contributed by atoms with Crippen molar-refractivity contribution in [2.24, 2.45) is 0 Å². The number of nitrogen functional groups attached to an aromatic ring is 1. The molecule has 0 radical (unpaired) electrons. The number of hydrogen-bond acceptors (Lipinski definition) is 3. The van der Waals surface area contributed by atoms with E-state index in [0.717, 1.165) is 12.8 Å². The lowest BCUT2D eigenvalue weighted by Crippen LogP contribution is -2.33. The van der Waals surface area contributed by atoms with E-state index in [1.54, 1.807) is 18.2 Å². The summed E-state index contributed by atoms with van der Waals surface area (Å²) in [6, 6.07) is 4.85. The first-order chi connectivity index (χ1) is 9.08. The predicted octanol–water partition coefficient (Wildman–Crippen LogP) is 2.86. The monoisotopic (exact) mass is 284 g/mol. The maximum atomic E-state index is 11.9. The van der Waals surface area contributed by atoms with Crippen molar-refractivity contribution in [2.45, 2.75) is 32.8 Å². The highest BCUT2D eigenvalue weighted by Crippen LogP contribution is 2.19. The van der Waals surface area contributed by atoms with Crippen molar-refractivity contribution in [3.63, 3.8) is 0 Å². The minimum Gasteiger partial charge on any atom is -0.398 e. The van der Waals surface area contributed by atoms with Crippen LogP contribution in [0.2, 0.25) is 5.02 Å². The molecule has 0 bridgehead atoms. The maximum absolute atomic E-state index is 11.9. The Morgan fingerprint density at radius 1 is 1.47 bits per heavy atom. The summed E-state index contributed by atoms with van der Waals surface area (Å²) in [5.74, 6) is -0.166. The van der Waals surface area contributed by atoms with Gasteiger partial charge in [-0.25, -0.2) is 0 Å². The molecule has 3 N–H and O–H groups in total. The minimum atomic E-state index is -0.166. The maximum Gasteiger partial charge on any atom is 0.251 e. The normalized spacial score (nSPS) is 12.2. The molecule has 0 saturated carbocycles. The second kappa shape index (κ2) is 8.02. The Hall–Kier alpha value is -1.26. The van der Waals surface area contributed by atoms with Gasteiger partial charge in [0.1, 0.15) is 0 Å². The first-order valence-electron chi connectivity index (χ1n) is 6.53. The molecular weight excluding hydrogens is 264 g/mol. The molecule has 1 rings (SSSR count). The van der Waals surface area contributed by atoms with Crippen LogP contribution in [0.5, 0.6) is 0 Å². The highest BCUT2D eigenvalue weighted by molar-refractivity contribution is 6.33. The number of anilines is 1. The number of ether oxygens (including phenoxy) is 1. The number of carbonyl (C=O) groups excluding carboxylic acids is 1. The lowest BCUT2D eigenvalue weighted by Gasteiger charge is -2.16. The highest BCUT2D eigenvalue weighted by atomic mass is 35.5. The Bertz CT molecular complexity index is 424. The summed E-state index contributed by atoms with van der Waals surface area (Å²) in [5, 5.41) is 3.23. The molecule has 0 fully saturated rings. The predicted molar refractivity (Wildman–Crippen MR) is 78.5 cm³/mol. The molecule has 0 aliphatic rings. The Balaban J connectivity index is 2.52. The van der Waals surface area contributed by atoms with Crippen LogP contribution >= 0.6 is 11.6 Å². The van der Waals surface area contributed by atoms with Gasteiger partial charge in [0, 0.05) is 18.7 Å². The van der Waals surface area contributed by atoms with Crippen molar-refractivity contribution in [1.29, 1.82) is 0 Å². The summed E-state index contributed by atoms with van der Waals surface area (Å²) in [4.78, 5) is 11.9. The molecular formula is C14H21ClN2O2. The van der Waals surface area contributed by atoms with Crippen LogP contribution in [0.3, 0.4) is 0 Å². The van der Waals surface area contributed by atoms with E-state index in [-0.39, 0.29) is 12.0 Å². The van der Waals surface area contributed by atoms with E-state index in [2.05, 4.69) is 12.2 Å². The van der Waals surface area contributed by atoms with Gasteiger partial charge in [0.25, 0.3) is 5.91 Å². The number of benzene rings is 1. The van der Waals surface area contributed by atoms with Gasteiger partial charge in [0.15, 0.2) is 0 Å². The van der Waals surface area contributed by atoms with Crippen molar-refractivity contribution in [2.75, 3.05) is 18.9 Å². The van der Waals surface area contributed by atoms with E-state index in [1.807, 2.05) is 6.92 Å². The second-order valence-electron chi connectivity index (χ2n) is 4.35. The fourth-order valence-corrected chi connectivity index (χ4v) is 1.76. The number of hydrogen-bond donors (Lipinski definition) is 2. The third-order valence-corrected chi connectivity index (χ3v) is 3.09. The van der Waals surface area contributed by atoms with Gasteiger partial charge in [-0.2, -0.15) is 0 Å². The van der Waals surface area contributed by atoms with Gasteiger partial charge in [0.05, 0.1) is 16.8 Å². The Morgan fingerprint density at radius 2 is 2.21 bits per heavy atom. The van der Waals surface area contributed by atoms with E-state index < -0.39 is 0 Å². The van der Waals surface area contributed by atoms with Gasteiger partial charge >= 0.3 is 0 Å². The molecule has 1 amide bonds. The summed E-state index contributed by atoms with van der Waals surface area (Å²) in [7, 11) is 0. The molecule has 4 nitrogen and oxygen atoms in total. The quantitative estimate of drug-likeness (QED) is 0.757. The zero-order valence-corrected chi connectivity index (χ0v) is 12.2. The molecule has 0 spiro atoms. The molecule has 0 aromatic heterocycles. The van der Waals surface area contributed by atoms with Crippen LogP contribution in [-0.4, -0.2) is 25.2 Å². The average molecular weight is 285 g/mol. The zero-order chi connectivity index (χ0) is 14.3. The molecule has 1 unspecified atom stereocenters. The van der Waals surface area contributed by atoms with Crippen LogP contribution in [0.25, 0.3) is 0 Å². The summed E-state index contributed by atoms with van der Waals surface area (Å²) in [6.45, 7) is 5.30. The van der Waals surface area contributed by atoms with Gasteiger partial charge in [-0.3, -0.25) is 4.79 Å². The second-order valence-corrected chi connectivity index (χ2v) is 4.75. The number of amides is 1. The molecule has 5 heteroatoms. The van der Waals surface area contributed by atoms with E-state index in [0.29, 0.717) is 29.4 Å². The van der Waals surface area contributed by atoms with Crippen LogP contribution < -0.4 is 11.1 Å². The fourth-order valence-electron chi connectivity index (χ4n) is 1.58. The number of carbonyl (C=O) groups is 1. The molecule has 1 aromatic rings. The molecule has 1 aromatic carbocycles. The van der Waals surface area contributed by atoms with Crippen LogP contribution in [0, 0.1) is 0 Å². The van der Waals surface area contributed by atoms with Gasteiger partial charge in [-0.15, -0.1) is 0 Å². The smallest absolute Gasteiger partial charge is 0.251 e. The Morgan fingerprint density at radius 3 is 2.79 bits per heavy atom. The summed E-state index contributed by atoms with van der Waals surface area (Å²) < 4.78 is 5.61. The van der Waals surface area contributed by atoms with Crippen molar-refractivity contribution in [3.8, 4) is 0 Å². The third-order valence-electron chi connectivity index (χ3n) is 2.77. The lowest BCUT2D eigenvalue weighted by atomic mass is 10.2. The zero-order valence-electron chi connectivity index (χ0n) is 11.4. The first kappa shape index (κ1) is 15.8. The van der Waals surface area contributed by atoms with Crippen LogP contribution in [0.4, 0.5) is 5.69 Å². The molecule has 0 aliphatic heterocycles. The minimum absolute atomic E-state index is 0.0492. The van der Waals surface area contributed by atoms with Gasteiger partial charge in [-0.05, 0) is 31.0 Å². The fraction of sp³-hybridized carbons (Fsp3) is 0.500. The van der Waals surface area contributed by atoms with Crippen molar-refractivity contribution in [3.05, 3.63) is 28.8 Å². The average Bonchev–Trinajstić information content (AvgIpc) is 2.41. The van der Waals surface area contributed by atoms with E-state index in [1.165, 1.54) is 0 Å². The van der Waals surface area contributed by atoms with Crippen molar-refractivity contribution in [1.82, 2.24) is 5.32 Å². The number of nitrogens with two attached hydrogens (primary N) is 1. The molecule has 0 saturated heterocycles. The number of halogens is 1. The summed E-state index contributed by atoms with van der Waals surface area (Å²) in [5.41, 5.74) is 6.58. The third kappa shape index (κ3) is 5.09. The summed E-state index contributed by atoms with van der Waals surface area (Å²) >= 11 is 5.89. The molecule has 0 aliphatic carbocycles. The topological polar surface area (TPSA) is 64.3 Å². The van der Waals surface area contributed by atoms with E-state index >= 15 is 0 Å². The Kier molecular flexibility index (Phi) is 6.67. The van der Waals surface area contributed by atoms with Gasteiger partial charge < -0.3 is 15.8 Å². The van der Waals surface area contributed by atoms with Crippen LogP contribution in [0.15, 0.2) is 18.2 Å². The van der Waals surface area contributed by atoms with Crippen LogP contribution in [-0.2, 0) is 4.74 Å². The highest BCUT2D eigenvalue weighted by Gasteiger charge is 2.11. The van der Waals surface area contributed by atoms with Crippen molar-refractivity contribution >= 4 is 23.2 Å². The van der Waals surface area contributed by atoms with E-state index in [4.69, 9.17) is 22.1 Å². The molecule has 0 heterocycles. The van der Waals surface area contributed by atoms with Gasteiger partial charge in [0.2, 0.25) is 0 Å². The standard InChI is InChI=1S/C14H21ClN2O2/c1-3-7-19-11(4-2)9-17-14(18)10-5-6-13(16)12(15)8-10/h5-6,8,11H,3-4,7,9,16H2,1-2H3,(H,17,18). The number of rotatable bonds is 7. The van der Waals surface area contributed by atoms with Crippen molar-refractivity contribution < 1.29 is 9.53 Å². The van der Waals surface area contributed by atoms with Gasteiger partial charge in [-0.1, -0.05) is 25.4 Å². The lowest BCUT2D eigenvalue weighted by molar-refractivity contribution is 0.0491. The SMILES string of the molecule is CCCOC(CC)CNC(=O)c1ccc(N)c(Cl)c1. The first-order valence-corrected chi connectivity index (χ1v) is 6.91. The molecule has 106 valence electrons. The molecule has 1 atom stereocenters. The van der Waals surface area contributed by atoms with Crippen LogP contribution in [0.1, 0.15) is 37.0 Å². The Labute approximate surface area is 119 Å².